The summed E-state index contributed by atoms with van der Waals surface area (Å²) in [6.07, 6.45) is 0.833. The summed E-state index contributed by atoms with van der Waals surface area (Å²) in [6.45, 7) is 1.87. The van der Waals surface area contributed by atoms with Crippen molar-refractivity contribution < 1.29 is 13.9 Å². The fourth-order valence-corrected chi connectivity index (χ4v) is 2.97. The SMILES string of the molecule is CC1Cc2ccccc2N1C(=O)COc1ccc(F)cc1Cl. The third-order valence-corrected chi connectivity index (χ3v) is 4.02. The van der Waals surface area contributed by atoms with Crippen LogP contribution >= 0.6 is 11.6 Å². The van der Waals surface area contributed by atoms with Gasteiger partial charge in [0.1, 0.15) is 11.6 Å². The van der Waals surface area contributed by atoms with Gasteiger partial charge in [-0.05, 0) is 43.2 Å². The van der Waals surface area contributed by atoms with E-state index in [4.69, 9.17) is 16.3 Å². The highest BCUT2D eigenvalue weighted by Crippen LogP contribution is 2.32. The van der Waals surface area contributed by atoms with Gasteiger partial charge in [-0.3, -0.25) is 4.79 Å². The van der Waals surface area contributed by atoms with E-state index >= 15 is 0 Å². The molecular weight excluding hydrogens is 305 g/mol. The van der Waals surface area contributed by atoms with Crippen LogP contribution in [0, 0.1) is 5.82 Å². The fourth-order valence-electron chi connectivity index (χ4n) is 2.75. The number of halogens is 2. The van der Waals surface area contributed by atoms with E-state index in [2.05, 4.69) is 0 Å². The number of hydrogen-bond acceptors (Lipinski definition) is 2. The van der Waals surface area contributed by atoms with Gasteiger partial charge in [0, 0.05) is 11.7 Å². The first-order valence-electron chi connectivity index (χ1n) is 7.04. The molecule has 0 aliphatic carbocycles. The normalized spacial score (nSPS) is 16.5. The summed E-state index contributed by atoms with van der Waals surface area (Å²) in [4.78, 5) is 14.2. The van der Waals surface area contributed by atoms with Crippen LogP contribution in [0.3, 0.4) is 0 Å². The van der Waals surface area contributed by atoms with Gasteiger partial charge in [-0.25, -0.2) is 4.39 Å². The first-order chi connectivity index (χ1) is 10.6. The lowest BCUT2D eigenvalue weighted by Gasteiger charge is -2.22. The molecule has 1 amide bonds. The van der Waals surface area contributed by atoms with Crippen molar-refractivity contribution >= 4 is 23.2 Å². The minimum Gasteiger partial charge on any atom is -0.482 e. The maximum Gasteiger partial charge on any atom is 0.265 e. The number of hydrogen-bond donors (Lipinski definition) is 0. The van der Waals surface area contributed by atoms with Crippen molar-refractivity contribution in [2.45, 2.75) is 19.4 Å². The third kappa shape index (κ3) is 2.79. The number of carbonyl (C=O) groups is 1. The number of amides is 1. The van der Waals surface area contributed by atoms with Gasteiger partial charge in [0.25, 0.3) is 5.91 Å². The molecule has 1 heterocycles. The Morgan fingerprint density at radius 1 is 1.36 bits per heavy atom. The van der Waals surface area contributed by atoms with E-state index in [-0.39, 0.29) is 23.6 Å². The molecule has 2 aromatic rings. The second-order valence-electron chi connectivity index (χ2n) is 5.31. The van der Waals surface area contributed by atoms with E-state index in [1.54, 1.807) is 4.90 Å². The highest BCUT2D eigenvalue weighted by Gasteiger charge is 2.30. The molecule has 1 atom stereocenters. The number of para-hydroxylation sites is 1. The minimum atomic E-state index is -0.439. The van der Waals surface area contributed by atoms with Gasteiger partial charge in [0.2, 0.25) is 0 Å². The number of nitrogens with zero attached hydrogens (tertiary/aromatic N) is 1. The summed E-state index contributed by atoms with van der Waals surface area (Å²) < 4.78 is 18.4. The Labute approximate surface area is 133 Å². The van der Waals surface area contributed by atoms with Crippen molar-refractivity contribution in [2.75, 3.05) is 11.5 Å². The van der Waals surface area contributed by atoms with Crippen molar-refractivity contribution in [3.63, 3.8) is 0 Å². The zero-order valence-electron chi connectivity index (χ0n) is 12.1. The Morgan fingerprint density at radius 2 is 2.14 bits per heavy atom. The number of ether oxygens (including phenoxy) is 1. The first kappa shape index (κ1) is 14.9. The summed E-state index contributed by atoms with van der Waals surface area (Å²) >= 11 is 5.89. The standard InChI is InChI=1S/C17H15ClFNO2/c1-11-8-12-4-2-3-5-15(12)20(11)17(21)10-22-16-7-6-13(19)9-14(16)18/h2-7,9,11H,8,10H2,1H3. The summed E-state index contributed by atoms with van der Waals surface area (Å²) in [5.74, 6) is -0.278. The second-order valence-corrected chi connectivity index (χ2v) is 5.72. The molecular formula is C17H15ClFNO2. The monoisotopic (exact) mass is 319 g/mol. The maximum absolute atomic E-state index is 13.0. The van der Waals surface area contributed by atoms with Gasteiger partial charge in [-0.15, -0.1) is 0 Å². The van der Waals surface area contributed by atoms with Crippen molar-refractivity contribution in [2.24, 2.45) is 0 Å². The lowest BCUT2D eigenvalue weighted by molar-refractivity contribution is -0.120. The quantitative estimate of drug-likeness (QED) is 0.860. The molecule has 2 aromatic carbocycles. The Kier molecular flexibility index (Phi) is 4.03. The summed E-state index contributed by atoms with van der Waals surface area (Å²) in [7, 11) is 0. The van der Waals surface area contributed by atoms with E-state index in [0.717, 1.165) is 23.7 Å². The molecule has 0 aromatic heterocycles. The smallest absolute Gasteiger partial charge is 0.265 e. The summed E-state index contributed by atoms with van der Waals surface area (Å²) in [6, 6.07) is 11.8. The molecule has 3 rings (SSSR count). The van der Waals surface area contributed by atoms with Gasteiger partial charge in [0.15, 0.2) is 6.61 Å². The topological polar surface area (TPSA) is 29.5 Å². The molecule has 1 unspecified atom stereocenters. The minimum absolute atomic E-state index is 0.0946. The van der Waals surface area contributed by atoms with Crippen molar-refractivity contribution in [3.05, 3.63) is 58.9 Å². The predicted octanol–water partition coefficient (Wildman–Crippen LogP) is 3.84. The van der Waals surface area contributed by atoms with Crippen LogP contribution in [-0.2, 0) is 11.2 Å². The predicted molar refractivity (Wildman–Crippen MR) is 84.0 cm³/mol. The van der Waals surface area contributed by atoms with Crippen molar-refractivity contribution in [1.29, 1.82) is 0 Å². The molecule has 0 spiro atoms. The Bertz CT molecular complexity index is 720. The average Bonchev–Trinajstić information content (AvgIpc) is 2.82. The van der Waals surface area contributed by atoms with Crippen molar-refractivity contribution in [3.8, 4) is 5.75 Å². The van der Waals surface area contributed by atoms with Gasteiger partial charge in [-0.1, -0.05) is 29.8 Å². The van der Waals surface area contributed by atoms with Crippen LogP contribution in [0.25, 0.3) is 0 Å². The molecule has 5 heteroatoms. The number of rotatable bonds is 3. The van der Waals surface area contributed by atoms with Gasteiger partial charge < -0.3 is 9.64 Å². The number of fused-ring (bicyclic) bond motifs is 1. The zero-order valence-corrected chi connectivity index (χ0v) is 12.8. The third-order valence-electron chi connectivity index (χ3n) is 3.72. The lowest BCUT2D eigenvalue weighted by Crippen LogP contribution is -2.39. The van der Waals surface area contributed by atoms with Crippen molar-refractivity contribution in [1.82, 2.24) is 0 Å². The molecule has 0 saturated heterocycles. The van der Waals surface area contributed by atoms with Gasteiger partial charge in [0.05, 0.1) is 5.02 Å². The van der Waals surface area contributed by atoms with Crippen LogP contribution in [-0.4, -0.2) is 18.6 Å². The van der Waals surface area contributed by atoms with Crippen LogP contribution in [0.4, 0.5) is 10.1 Å². The highest BCUT2D eigenvalue weighted by atomic mass is 35.5. The first-order valence-corrected chi connectivity index (χ1v) is 7.42. The van der Waals surface area contributed by atoms with E-state index in [9.17, 15) is 9.18 Å². The Morgan fingerprint density at radius 3 is 2.91 bits per heavy atom. The van der Waals surface area contributed by atoms with Crippen LogP contribution in [0.15, 0.2) is 42.5 Å². The summed E-state index contributed by atoms with van der Waals surface area (Å²) in [5, 5.41) is 0.155. The Balaban J connectivity index is 1.72. The second kappa shape index (κ2) is 5.97. The highest BCUT2D eigenvalue weighted by molar-refractivity contribution is 6.32. The summed E-state index contributed by atoms with van der Waals surface area (Å²) in [5.41, 5.74) is 2.08. The van der Waals surface area contributed by atoms with Crippen LogP contribution in [0.1, 0.15) is 12.5 Å². The molecule has 3 nitrogen and oxygen atoms in total. The molecule has 0 saturated carbocycles. The molecule has 114 valence electrons. The van der Waals surface area contributed by atoms with E-state index in [0.29, 0.717) is 5.75 Å². The average molecular weight is 320 g/mol. The van der Waals surface area contributed by atoms with E-state index < -0.39 is 5.82 Å². The molecule has 0 radical (unpaired) electrons. The number of benzene rings is 2. The van der Waals surface area contributed by atoms with Gasteiger partial charge >= 0.3 is 0 Å². The lowest BCUT2D eigenvalue weighted by atomic mass is 10.1. The zero-order chi connectivity index (χ0) is 15.7. The molecule has 22 heavy (non-hydrogen) atoms. The molecule has 0 bridgehead atoms. The Hall–Kier alpha value is -2.07. The maximum atomic E-state index is 13.0. The molecule has 0 N–H and O–H groups in total. The number of carbonyl (C=O) groups excluding carboxylic acids is 1. The largest absolute Gasteiger partial charge is 0.482 e. The number of anilines is 1. The molecule has 1 aliphatic heterocycles. The molecule has 0 fully saturated rings. The van der Waals surface area contributed by atoms with E-state index in [1.165, 1.54) is 12.1 Å². The van der Waals surface area contributed by atoms with Crippen LogP contribution < -0.4 is 9.64 Å². The van der Waals surface area contributed by atoms with Crippen LogP contribution in [0.5, 0.6) is 5.75 Å². The fraction of sp³-hybridized carbons (Fsp3) is 0.235. The van der Waals surface area contributed by atoms with E-state index in [1.807, 2.05) is 31.2 Å². The van der Waals surface area contributed by atoms with Gasteiger partial charge in [-0.2, -0.15) is 0 Å². The molecule has 1 aliphatic rings. The van der Waals surface area contributed by atoms with Crippen LogP contribution in [0.2, 0.25) is 5.02 Å².